The van der Waals surface area contributed by atoms with Crippen LogP contribution < -0.4 is 5.01 Å². The number of nitrogens with zero attached hydrogens (tertiary/aromatic N) is 4. The summed E-state index contributed by atoms with van der Waals surface area (Å²) in [5, 5.41) is 7.16. The summed E-state index contributed by atoms with van der Waals surface area (Å²) >= 11 is 0. The average Bonchev–Trinajstić information content (AvgIpc) is 3.38. The lowest BCUT2D eigenvalue weighted by Crippen LogP contribution is -2.60. The largest absolute Gasteiger partial charge is 0.466 e. The smallest absolute Gasteiger partial charge is 0.264 e. The van der Waals surface area contributed by atoms with Crippen LogP contribution in [-0.4, -0.2) is 62.2 Å². The third kappa shape index (κ3) is 4.13. The predicted molar refractivity (Wildman–Crippen MR) is 141 cm³/mol. The van der Waals surface area contributed by atoms with Crippen molar-refractivity contribution in [3.05, 3.63) is 65.9 Å². The van der Waals surface area contributed by atoms with Crippen LogP contribution in [0.25, 0.3) is 10.9 Å². The number of amides is 1. The molecule has 0 N–H and O–H groups in total. The van der Waals surface area contributed by atoms with Crippen LogP contribution in [0.4, 0.5) is 5.69 Å². The molecule has 10 heteroatoms. The van der Waals surface area contributed by atoms with E-state index in [1.807, 2.05) is 50.5 Å². The number of benzene rings is 2. The molecule has 0 saturated carbocycles. The van der Waals surface area contributed by atoms with E-state index in [2.05, 4.69) is 32.9 Å². The van der Waals surface area contributed by atoms with E-state index in [1.165, 1.54) is 10.6 Å². The summed E-state index contributed by atoms with van der Waals surface area (Å²) in [6.45, 7) is 0.741. The molecule has 9 nitrogen and oxygen atoms in total. The molecule has 0 radical (unpaired) electrons. The summed E-state index contributed by atoms with van der Waals surface area (Å²) in [5.41, 5.74) is 3.28. The minimum Gasteiger partial charge on any atom is -0.466 e. The van der Waals surface area contributed by atoms with Gasteiger partial charge in [-0.15, -0.1) is 5.10 Å². The number of aromatic nitrogens is 1. The Morgan fingerprint density at radius 1 is 1.11 bits per heavy atom. The number of piperidine rings is 1. The minimum absolute atomic E-state index is 0.0222. The third-order valence-corrected chi connectivity index (χ3v) is 8.30. The number of hydrazone groups is 1. The fourth-order valence-electron chi connectivity index (χ4n) is 6.33. The molecule has 1 saturated heterocycles. The number of hydrogen-bond acceptors (Lipinski definition) is 7. The molecule has 194 valence electrons. The van der Waals surface area contributed by atoms with Gasteiger partial charge >= 0.3 is 0 Å². The van der Waals surface area contributed by atoms with Crippen LogP contribution in [0.15, 0.2) is 59.8 Å². The number of para-hydroxylation sites is 1. The summed E-state index contributed by atoms with van der Waals surface area (Å²) in [4.78, 5) is 15.2. The Morgan fingerprint density at radius 2 is 1.89 bits per heavy atom. The van der Waals surface area contributed by atoms with Gasteiger partial charge in [0.15, 0.2) is 5.60 Å². The second kappa shape index (κ2) is 8.68. The van der Waals surface area contributed by atoms with Crippen molar-refractivity contribution in [2.75, 3.05) is 31.5 Å². The Hall–Kier alpha value is -3.21. The third-order valence-electron chi connectivity index (χ3n) is 7.74. The van der Waals surface area contributed by atoms with E-state index < -0.39 is 15.7 Å². The van der Waals surface area contributed by atoms with Gasteiger partial charge in [-0.05, 0) is 43.7 Å². The van der Waals surface area contributed by atoms with E-state index in [-0.39, 0.29) is 30.9 Å². The van der Waals surface area contributed by atoms with E-state index in [0.29, 0.717) is 24.6 Å². The lowest BCUT2D eigenvalue weighted by atomic mass is 9.68. The van der Waals surface area contributed by atoms with Gasteiger partial charge in [0, 0.05) is 42.2 Å². The standard InChI is InChI=1S/C27H30N4O5S/c1-29-16-19-12-23-27(21-10-7-11-22(29)26(19)21,14-18(15-30(23)2)17-35-37(3,33)34)36-24-13-25(32)31(28-24)20-8-5-4-6-9-20/h4-11,16,18,23H,12-15,17H2,1-3H3/t18-,23-,27+/m1/s1. The molecule has 0 bridgehead atoms. The quantitative estimate of drug-likeness (QED) is 0.479. The van der Waals surface area contributed by atoms with Gasteiger partial charge in [-0.25, -0.2) is 0 Å². The molecule has 6 rings (SSSR count). The fourth-order valence-corrected chi connectivity index (χ4v) is 6.77. The second-order valence-electron chi connectivity index (χ2n) is 10.4. The molecule has 1 amide bonds. The Labute approximate surface area is 216 Å². The molecule has 2 aromatic carbocycles. The van der Waals surface area contributed by atoms with E-state index in [4.69, 9.17) is 8.92 Å². The Kier molecular flexibility index (Phi) is 5.66. The topological polar surface area (TPSA) is 93.4 Å². The van der Waals surface area contributed by atoms with Gasteiger partial charge in [-0.2, -0.15) is 13.4 Å². The van der Waals surface area contributed by atoms with E-state index >= 15 is 0 Å². The van der Waals surface area contributed by atoms with E-state index in [1.54, 1.807) is 0 Å². The molecule has 1 aliphatic carbocycles. The highest BCUT2D eigenvalue weighted by Crippen LogP contribution is 2.50. The van der Waals surface area contributed by atoms with Gasteiger partial charge in [0.25, 0.3) is 16.0 Å². The first-order chi connectivity index (χ1) is 17.6. The monoisotopic (exact) mass is 522 g/mol. The lowest BCUT2D eigenvalue weighted by molar-refractivity contribution is -0.117. The van der Waals surface area contributed by atoms with Crippen LogP contribution in [0.2, 0.25) is 0 Å². The molecule has 3 aromatic rings. The van der Waals surface area contributed by atoms with Crippen molar-refractivity contribution in [3.8, 4) is 0 Å². The van der Waals surface area contributed by atoms with Crippen molar-refractivity contribution in [2.24, 2.45) is 18.1 Å². The number of hydrogen-bond donors (Lipinski definition) is 0. The number of anilines is 1. The number of ether oxygens (including phenoxy) is 1. The molecular formula is C27H30N4O5S. The average molecular weight is 523 g/mol. The van der Waals surface area contributed by atoms with Crippen LogP contribution in [0.1, 0.15) is 24.0 Å². The van der Waals surface area contributed by atoms with Crippen molar-refractivity contribution in [1.29, 1.82) is 0 Å². The first-order valence-electron chi connectivity index (χ1n) is 12.4. The second-order valence-corrected chi connectivity index (χ2v) is 12.0. The molecule has 1 aromatic heterocycles. The Morgan fingerprint density at radius 3 is 2.65 bits per heavy atom. The molecule has 2 aliphatic heterocycles. The highest BCUT2D eigenvalue weighted by atomic mass is 32.2. The van der Waals surface area contributed by atoms with Crippen molar-refractivity contribution in [1.82, 2.24) is 9.47 Å². The van der Waals surface area contributed by atoms with Gasteiger partial charge < -0.3 is 9.30 Å². The van der Waals surface area contributed by atoms with Crippen LogP contribution in [-0.2, 0) is 42.9 Å². The Bertz CT molecular complexity index is 1520. The molecule has 37 heavy (non-hydrogen) atoms. The molecule has 0 unspecified atom stereocenters. The van der Waals surface area contributed by atoms with Gasteiger partial charge in [0.05, 0.1) is 24.6 Å². The van der Waals surface area contributed by atoms with Gasteiger partial charge in [0.2, 0.25) is 5.90 Å². The summed E-state index contributed by atoms with van der Waals surface area (Å²) in [7, 11) is 0.506. The summed E-state index contributed by atoms with van der Waals surface area (Å²) < 4.78 is 37.9. The molecule has 1 fully saturated rings. The normalized spacial score (nSPS) is 25.9. The first kappa shape index (κ1) is 24.1. The molecule has 3 aliphatic rings. The van der Waals surface area contributed by atoms with Crippen molar-refractivity contribution < 1.29 is 22.1 Å². The number of fused-ring (bicyclic) bond motifs is 2. The summed E-state index contributed by atoms with van der Waals surface area (Å²) in [5.74, 6) is 0.123. The van der Waals surface area contributed by atoms with Crippen molar-refractivity contribution in [2.45, 2.75) is 30.9 Å². The minimum atomic E-state index is -3.58. The van der Waals surface area contributed by atoms with Gasteiger partial charge in [0.1, 0.15) is 6.42 Å². The fraction of sp³-hybridized carbons (Fsp3) is 0.407. The van der Waals surface area contributed by atoms with Crippen LogP contribution in [0.5, 0.6) is 0 Å². The van der Waals surface area contributed by atoms with Crippen LogP contribution >= 0.6 is 0 Å². The molecule has 3 atom stereocenters. The summed E-state index contributed by atoms with van der Waals surface area (Å²) in [6, 6.07) is 15.5. The molecular weight excluding hydrogens is 492 g/mol. The van der Waals surface area contributed by atoms with E-state index in [9.17, 15) is 13.2 Å². The number of carbonyl (C=O) groups is 1. The van der Waals surface area contributed by atoms with Gasteiger partial charge in [-0.3, -0.25) is 13.9 Å². The lowest BCUT2D eigenvalue weighted by Gasteiger charge is -2.53. The van der Waals surface area contributed by atoms with Crippen molar-refractivity contribution in [3.63, 3.8) is 0 Å². The van der Waals surface area contributed by atoms with Crippen LogP contribution in [0, 0.1) is 5.92 Å². The van der Waals surface area contributed by atoms with Crippen LogP contribution in [0.3, 0.4) is 0 Å². The number of rotatable bonds is 5. The van der Waals surface area contributed by atoms with Crippen molar-refractivity contribution >= 4 is 38.5 Å². The maximum absolute atomic E-state index is 12.9. The first-order valence-corrected chi connectivity index (χ1v) is 14.2. The number of carbonyl (C=O) groups excluding carboxylic acids is 1. The highest BCUT2D eigenvalue weighted by Gasteiger charge is 2.54. The number of likely N-dealkylation sites (tertiary alicyclic amines) is 1. The Balaban J connectivity index is 1.45. The number of aryl methyl sites for hydroxylation is 1. The maximum Gasteiger partial charge on any atom is 0.264 e. The maximum atomic E-state index is 12.9. The predicted octanol–water partition coefficient (Wildman–Crippen LogP) is 2.99. The molecule has 0 spiro atoms. The zero-order chi connectivity index (χ0) is 25.9. The van der Waals surface area contributed by atoms with Gasteiger partial charge in [-0.1, -0.05) is 30.3 Å². The zero-order valence-corrected chi connectivity index (χ0v) is 21.9. The highest BCUT2D eigenvalue weighted by molar-refractivity contribution is 7.85. The van der Waals surface area contributed by atoms with E-state index in [0.717, 1.165) is 29.1 Å². The zero-order valence-electron chi connectivity index (χ0n) is 21.1. The number of likely N-dealkylation sites (N-methyl/N-ethyl adjacent to an activating group) is 1. The molecule has 3 heterocycles. The summed E-state index contributed by atoms with van der Waals surface area (Å²) in [6.07, 6.45) is 4.63. The SMILES string of the molecule is CN1C[C@H](COS(C)(=O)=O)C[C@]2(OC3=NN(c4ccccc4)C(=O)C3)c3cccc4c3c(cn4C)C[C@@H]12.